The third-order valence-corrected chi connectivity index (χ3v) is 3.67. The van der Waals surface area contributed by atoms with Crippen molar-refractivity contribution in [3.63, 3.8) is 0 Å². The maximum absolute atomic E-state index is 11.8. The minimum atomic E-state index is -0.420. The molecule has 112 valence electrons. The number of nitrogens with zero attached hydrogens (tertiary/aromatic N) is 1. The standard InChI is InChI=1S/C15H30N2O2/c1-12-8-6-7-9-13(12)16-10-11-17(5)14(18)19-15(2,3)4/h12-13,16H,6-11H2,1-5H3. The minimum absolute atomic E-state index is 0.244. The fourth-order valence-corrected chi connectivity index (χ4v) is 2.47. The molecule has 0 spiro atoms. The SMILES string of the molecule is CC1CCCCC1NCCN(C)C(=O)OC(C)(C)C. The molecule has 1 amide bonds. The van der Waals surface area contributed by atoms with Crippen molar-refractivity contribution in [3.05, 3.63) is 0 Å². The second-order valence-electron chi connectivity index (χ2n) is 6.72. The number of hydrogen-bond acceptors (Lipinski definition) is 3. The third-order valence-electron chi connectivity index (χ3n) is 3.67. The molecule has 0 aromatic carbocycles. The summed E-state index contributed by atoms with van der Waals surface area (Å²) in [5.74, 6) is 0.751. The summed E-state index contributed by atoms with van der Waals surface area (Å²) in [4.78, 5) is 13.4. The van der Waals surface area contributed by atoms with Crippen LogP contribution in [0.5, 0.6) is 0 Å². The molecular weight excluding hydrogens is 240 g/mol. The van der Waals surface area contributed by atoms with Crippen LogP contribution in [0.4, 0.5) is 4.79 Å². The Balaban J connectivity index is 2.22. The zero-order chi connectivity index (χ0) is 14.5. The molecule has 4 heteroatoms. The monoisotopic (exact) mass is 270 g/mol. The van der Waals surface area contributed by atoms with E-state index >= 15 is 0 Å². The number of carbonyl (C=O) groups is 1. The van der Waals surface area contributed by atoms with Gasteiger partial charge in [-0.3, -0.25) is 0 Å². The lowest BCUT2D eigenvalue weighted by atomic mass is 9.86. The Kier molecular flexibility index (Phi) is 6.11. The lowest BCUT2D eigenvalue weighted by Gasteiger charge is -2.30. The van der Waals surface area contributed by atoms with E-state index in [1.54, 1.807) is 11.9 Å². The first-order valence-corrected chi connectivity index (χ1v) is 7.47. The van der Waals surface area contributed by atoms with Gasteiger partial charge in [0.05, 0.1) is 0 Å². The average Bonchev–Trinajstić information content (AvgIpc) is 2.29. The molecule has 0 aromatic rings. The lowest BCUT2D eigenvalue weighted by molar-refractivity contribution is 0.0298. The second kappa shape index (κ2) is 7.13. The molecule has 1 N–H and O–H groups in total. The molecule has 0 aliphatic heterocycles. The molecule has 1 saturated carbocycles. The van der Waals surface area contributed by atoms with Crippen molar-refractivity contribution in [2.24, 2.45) is 5.92 Å². The molecule has 0 saturated heterocycles. The van der Waals surface area contributed by atoms with E-state index in [0.29, 0.717) is 12.6 Å². The normalized spacial score (nSPS) is 24.1. The zero-order valence-electron chi connectivity index (χ0n) is 13.2. The largest absolute Gasteiger partial charge is 0.444 e. The number of rotatable bonds is 4. The number of carbonyl (C=O) groups excluding carboxylic acids is 1. The molecule has 4 nitrogen and oxygen atoms in total. The van der Waals surface area contributed by atoms with E-state index in [4.69, 9.17) is 4.74 Å². The Labute approximate surface area is 117 Å². The van der Waals surface area contributed by atoms with Gasteiger partial charge in [-0.2, -0.15) is 0 Å². The Hall–Kier alpha value is -0.770. The van der Waals surface area contributed by atoms with Crippen LogP contribution in [0.1, 0.15) is 53.4 Å². The summed E-state index contributed by atoms with van der Waals surface area (Å²) in [7, 11) is 1.79. The molecule has 19 heavy (non-hydrogen) atoms. The van der Waals surface area contributed by atoms with Crippen molar-refractivity contribution >= 4 is 6.09 Å². The number of amides is 1. The molecule has 2 unspecified atom stereocenters. The van der Waals surface area contributed by atoms with E-state index in [9.17, 15) is 4.79 Å². The lowest BCUT2D eigenvalue weighted by Crippen LogP contribution is -2.43. The Morgan fingerprint density at radius 3 is 2.53 bits per heavy atom. The number of nitrogens with one attached hydrogen (secondary N) is 1. The van der Waals surface area contributed by atoms with Gasteiger partial charge in [-0.1, -0.05) is 19.8 Å². The summed E-state index contributed by atoms with van der Waals surface area (Å²) in [6, 6.07) is 0.612. The van der Waals surface area contributed by atoms with Crippen LogP contribution in [0.15, 0.2) is 0 Å². The number of ether oxygens (including phenoxy) is 1. The highest BCUT2D eigenvalue weighted by Gasteiger charge is 2.22. The van der Waals surface area contributed by atoms with Crippen LogP contribution < -0.4 is 5.32 Å². The van der Waals surface area contributed by atoms with E-state index in [2.05, 4.69) is 12.2 Å². The van der Waals surface area contributed by atoms with Crippen LogP contribution in [0.3, 0.4) is 0 Å². The van der Waals surface area contributed by atoms with E-state index in [1.165, 1.54) is 25.7 Å². The van der Waals surface area contributed by atoms with Gasteiger partial charge in [-0.05, 0) is 39.5 Å². The predicted molar refractivity (Wildman–Crippen MR) is 78.3 cm³/mol. The van der Waals surface area contributed by atoms with Crippen molar-refractivity contribution in [3.8, 4) is 0 Å². The topological polar surface area (TPSA) is 41.6 Å². The molecule has 1 rings (SSSR count). The first-order valence-electron chi connectivity index (χ1n) is 7.47. The van der Waals surface area contributed by atoms with Crippen molar-refractivity contribution in [1.82, 2.24) is 10.2 Å². The van der Waals surface area contributed by atoms with Gasteiger partial charge >= 0.3 is 6.09 Å². The van der Waals surface area contributed by atoms with Gasteiger partial charge in [0.25, 0.3) is 0 Å². The molecule has 1 aliphatic rings. The summed E-state index contributed by atoms with van der Waals surface area (Å²) < 4.78 is 5.32. The minimum Gasteiger partial charge on any atom is -0.444 e. The smallest absolute Gasteiger partial charge is 0.410 e. The van der Waals surface area contributed by atoms with Crippen LogP contribution in [-0.4, -0.2) is 42.8 Å². The molecular formula is C15H30N2O2. The summed E-state index contributed by atoms with van der Waals surface area (Å²) in [6.07, 6.45) is 5.02. The number of hydrogen-bond donors (Lipinski definition) is 1. The zero-order valence-corrected chi connectivity index (χ0v) is 13.2. The van der Waals surface area contributed by atoms with Crippen LogP contribution >= 0.6 is 0 Å². The third kappa shape index (κ3) is 6.28. The van der Waals surface area contributed by atoms with Crippen molar-refractivity contribution in [2.75, 3.05) is 20.1 Å². The quantitative estimate of drug-likeness (QED) is 0.854. The molecule has 0 heterocycles. The average molecular weight is 270 g/mol. The summed E-state index contributed by atoms with van der Waals surface area (Å²) in [5, 5.41) is 3.57. The fraction of sp³-hybridized carbons (Fsp3) is 0.933. The number of likely N-dealkylation sites (N-methyl/N-ethyl adjacent to an activating group) is 1. The van der Waals surface area contributed by atoms with E-state index < -0.39 is 5.60 Å². The Bertz CT molecular complexity index is 286. The van der Waals surface area contributed by atoms with Gasteiger partial charge in [0.15, 0.2) is 0 Å². The van der Waals surface area contributed by atoms with Crippen LogP contribution in [0.2, 0.25) is 0 Å². The van der Waals surface area contributed by atoms with Crippen molar-refractivity contribution < 1.29 is 9.53 Å². The Morgan fingerprint density at radius 2 is 1.95 bits per heavy atom. The van der Waals surface area contributed by atoms with Gasteiger partial charge in [0.1, 0.15) is 5.60 Å². The fourth-order valence-electron chi connectivity index (χ4n) is 2.47. The molecule has 0 bridgehead atoms. The first kappa shape index (κ1) is 16.3. The highest BCUT2D eigenvalue weighted by molar-refractivity contribution is 5.67. The molecule has 1 fully saturated rings. The van der Waals surface area contributed by atoms with Crippen LogP contribution in [0, 0.1) is 5.92 Å². The van der Waals surface area contributed by atoms with Crippen molar-refractivity contribution in [2.45, 2.75) is 65.0 Å². The summed E-state index contributed by atoms with van der Waals surface area (Å²) >= 11 is 0. The predicted octanol–water partition coefficient (Wildman–Crippen LogP) is 3.02. The second-order valence-corrected chi connectivity index (χ2v) is 6.72. The first-order chi connectivity index (χ1) is 8.79. The molecule has 1 aliphatic carbocycles. The highest BCUT2D eigenvalue weighted by atomic mass is 16.6. The maximum atomic E-state index is 11.8. The van der Waals surface area contributed by atoms with Gasteiger partial charge in [0.2, 0.25) is 0 Å². The van der Waals surface area contributed by atoms with Crippen molar-refractivity contribution in [1.29, 1.82) is 0 Å². The summed E-state index contributed by atoms with van der Waals surface area (Å²) in [6.45, 7) is 9.51. The molecule has 2 atom stereocenters. The highest BCUT2D eigenvalue weighted by Crippen LogP contribution is 2.23. The maximum Gasteiger partial charge on any atom is 0.410 e. The van der Waals surface area contributed by atoms with Gasteiger partial charge in [-0.15, -0.1) is 0 Å². The molecule has 0 aromatic heterocycles. The van der Waals surface area contributed by atoms with Crippen LogP contribution in [0.25, 0.3) is 0 Å². The van der Waals surface area contributed by atoms with Gasteiger partial charge in [0, 0.05) is 26.2 Å². The summed E-state index contributed by atoms with van der Waals surface area (Å²) in [5.41, 5.74) is -0.420. The van der Waals surface area contributed by atoms with E-state index in [-0.39, 0.29) is 6.09 Å². The Morgan fingerprint density at radius 1 is 1.32 bits per heavy atom. The van der Waals surface area contributed by atoms with E-state index in [1.807, 2.05) is 20.8 Å². The van der Waals surface area contributed by atoms with Gasteiger partial charge < -0.3 is 15.0 Å². The van der Waals surface area contributed by atoms with Gasteiger partial charge in [-0.25, -0.2) is 4.79 Å². The van der Waals surface area contributed by atoms with Crippen LogP contribution in [-0.2, 0) is 4.74 Å². The molecule has 0 radical (unpaired) electrons. The van der Waals surface area contributed by atoms with E-state index in [0.717, 1.165) is 12.5 Å².